The van der Waals surface area contributed by atoms with Gasteiger partial charge in [0.1, 0.15) is 5.82 Å². The van der Waals surface area contributed by atoms with Crippen molar-refractivity contribution in [2.75, 3.05) is 18.4 Å². The molecule has 0 aliphatic carbocycles. The lowest BCUT2D eigenvalue weighted by Gasteiger charge is -2.25. The summed E-state index contributed by atoms with van der Waals surface area (Å²) in [6, 6.07) is 11.8. The Bertz CT molecular complexity index is 1070. The number of aromatic nitrogens is 2. The van der Waals surface area contributed by atoms with E-state index in [9.17, 15) is 13.2 Å². The second-order valence-electron chi connectivity index (χ2n) is 6.90. The van der Waals surface area contributed by atoms with E-state index < -0.39 is 10.0 Å². The minimum atomic E-state index is -3.50. The second-order valence-corrected chi connectivity index (χ2v) is 9.87. The van der Waals surface area contributed by atoms with Crippen LogP contribution in [0.2, 0.25) is 0 Å². The maximum Gasteiger partial charge on any atom is 0.256 e. The number of hydrogen-bond donors (Lipinski definition) is 1. The Kier molecular flexibility index (Phi) is 5.79. The average molecular weight is 431 g/mol. The predicted octanol–water partition coefficient (Wildman–Crippen LogP) is 3.42. The van der Waals surface area contributed by atoms with Gasteiger partial charge in [0.15, 0.2) is 0 Å². The summed E-state index contributed by atoms with van der Waals surface area (Å²) in [4.78, 5) is 14.0. The minimum absolute atomic E-state index is 0.221. The highest BCUT2D eigenvalue weighted by molar-refractivity contribution is 7.89. The number of piperidine rings is 1. The fraction of sp³-hybridized carbons (Fsp3) is 0.300. The van der Waals surface area contributed by atoms with Crippen LogP contribution in [0.5, 0.6) is 0 Å². The van der Waals surface area contributed by atoms with Crippen molar-refractivity contribution in [1.29, 1.82) is 0 Å². The van der Waals surface area contributed by atoms with E-state index in [0.29, 0.717) is 31.0 Å². The number of carbonyl (C=O) groups is 1. The molecule has 29 heavy (non-hydrogen) atoms. The molecule has 1 aliphatic rings. The van der Waals surface area contributed by atoms with Gasteiger partial charge in [-0.3, -0.25) is 4.79 Å². The first-order valence-electron chi connectivity index (χ1n) is 9.50. The topological polar surface area (TPSA) is 84.3 Å². The number of amides is 1. The third kappa shape index (κ3) is 4.42. The third-order valence-corrected chi connectivity index (χ3v) is 7.69. The molecule has 152 valence electrons. The Morgan fingerprint density at radius 2 is 1.83 bits per heavy atom. The molecule has 1 aliphatic heterocycles. The number of hydrogen-bond acceptors (Lipinski definition) is 5. The molecule has 4 rings (SSSR count). The predicted molar refractivity (Wildman–Crippen MR) is 113 cm³/mol. The van der Waals surface area contributed by atoms with E-state index in [4.69, 9.17) is 0 Å². The summed E-state index contributed by atoms with van der Waals surface area (Å²) < 4.78 is 28.7. The molecule has 1 N–H and O–H groups in total. The largest absolute Gasteiger partial charge is 0.307 e. The van der Waals surface area contributed by atoms with Crippen LogP contribution < -0.4 is 5.32 Å². The van der Waals surface area contributed by atoms with Gasteiger partial charge in [-0.1, -0.05) is 12.5 Å². The van der Waals surface area contributed by atoms with Crippen LogP contribution >= 0.6 is 11.3 Å². The summed E-state index contributed by atoms with van der Waals surface area (Å²) in [7, 11) is -3.50. The van der Waals surface area contributed by atoms with Gasteiger partial charge in [-0.15, -0.1) is 11.3 Å². The van der Waals surface area contributed by atoms with Crippen LogP contribution in [0.4, 0.5) is 5.82 Å². The summed E-state index contributed by atoms with van der Waals surface area (Å²) in [5.41, 5.74) is 0.395. The maximum absolute atomic E-state index is 12.7. The Balaban J connectivity index is 1.46. The van der Waals surface area contributed by atoms with Crippen molar-refractivity contribution in [3.63, 3.8) is 0 Å². The first kappa shape index (κ1) is 19.8. The summed E-state index contributed by atoms with van der Waals surface area (Å²) in [6.07, 6.45) is 4.48. The molecule has 0 unspecified atom stereocenters. The van der Waals surface area contributed by atoms with Gasteiger partial charge < -0.3 is 5.32 Å². The zero-order valence-electron chi connectivity index (χ0n) is 15.8. The average Bonchev–Trinajstić information content (AvgIpc) is 3.41. The zero-order chi connectivity index (χ0) is 20.3. The Morgan fingerprint density at radius 3 is 2.52 bits per heavy atom. The molecule has 9 heteroatoms. The van der Waals surface area contributed by atoms with Gasteiger partial charge in [0.05, 0.1) is 17.6 Å². The van der Waals surface area contributed by atoms with Crippen molar-refractivity contribution in [2.45, 2.75) is 30.7 Å². The van der Waals surface area contributed by atoms with Crippen LogP contribution in [0, 0.1) is 0 Å². The number of anilines is 1. The van der Waals surface area contributed by atoms with E-state index in [1.54, 1.807) is 40.4 Å². The molecule has 1 amide bonds. The molecular formula is C20H22N4O3S2. The monoisotopic (exact) mass is 430 g/mol. The SMILES string of the molecule is O=C(Nc1ccnn1Cc1cccs1)c1ccc(S(=O)(=O)N2CCCCC2)cc1. The molecule has 1 fully saturated rings. The number of rotatable bonds is 6. The molecule has 0 atom stereocenters. The van der Waals surface area contributed by atoms with Crippen LogP contribution in [0.15, 0.2) is 58.9 Å². The van der Waals surface area contributed by atoms with Gasteiger partial charge >= 0.3 is 0 Å². The molecule has 3 aromatic rings. The second kappa shape index (κ2) is 8.48. The molecule has 0 saturated carbocycles. The highest BCUT2D eigenvalue weighted by atomic mass is 32.2. The standard InChI is InChI=1S/C20H22N4O3S2/c25-20(22-19-10-11-21-24(19)15-17-5-4-14-28-17)16-6-8-18(9-7-16)29(26,27)23-12-2-1-3-13-23/h4-11,14H,1-3,12-13,15H2,(H,22,25). The molecule has 0 spiro atoms. The van der Waals surface area contributed by atoms with Crippen molar-refractivity contribution in [2.24, 2.45) is 0 Å². The molecule has 3 heterocycles. The van der Waals surface area contributed by atoms with Crippen LogP contribution in [0.1, 0.15) is 34.5 Å². The minimum Gasteiger partial charge on any atom is -0.307 e. The molecule has 1 aromatic carbocycles. The van der Waals surface area contributed by atoms with Gasteiger partial charge in [-0.2, -0.15) is 9.40 Å². The number of benzene rings is 1. The lowest BCUT2D eigenvalue weighted by Crippen LogP contribution is -2.35. The van der Waals surface area contributed by atoms with E-state index in [-0.39, 0.29) is 10.8 Å². The Morgan fingerprint density at radius 1 is 1.07 bits per heavy atom. The maximum atomic E-state index is 12.7. The fourth-order valence-electron chi connectivity index (χ4n) is 3.34. The summed E-state index contributed by atoms with van der Waals surface area (Å²) >= 11 is 1.63. The van der Waals surface area contributed by atoms with E-state index in [2.05, 4.69) is 10.4 Å². The van der Waals surface area contributed by atoms with Gasteiger partial charge in [0, 0.05) is 29.6 Å². The van der Waals surface area contributed by atoms with Crippen molar-refractivity contribution < 1.29 is 13.2 Å². The van der Waals surface area contributed by atoms with Crippen molar-refractivity contribution in [3.05, 3.63) is 64.5 Å². The number of carbonyl (C=O) groups excluding carboxylic acids is 1. The molecule has 0 radical (unpaired) electrons. The first-order valence-corrected chi connectivity index (χ1v) is 11.8. The summed E-state index contributed by atoms with van der Waals surface area (Å²) in [5.74, 6) is 0.285. The zero-order valence-corrected chi connectivity index (χ0v) is 17.5. The highest BCUT2D eigenvalue weighted by Gasteiger charge is 2.26. The molecule has 2 aromatic heterocycles. The fourth-order valence-corrected chi connectivity index (χ4v) is 5.54. The van der Waals surface area contributed by atoms with E-state index in [0.717, 1.165) is 24.1 Å². The number of nitrogens with zero attached hydrogens (tertiary/aromatic N) is 3. The number of nitrogens with one attached hydrogen (secondary N) is 1. The van der Waals surface area contributed by atoms with Crippen LogP contribution in [0.3, 0.4) is 0 Å². The van der Waals surface area contributed by atoms with Crippen molar-refractivity contribution >= 4 is 33.1 Å². The summed E-state index contributed by atoms with van der Waals surface area (Å²) in [5, 5.41) is 9.10. The lowest BCUT2D eigenvalue weighted by atomic mass is 10.2. The van der Waals surface area contributed by atoms with Gasteiger partial charge in [-0.05, 0) is 48.6 Å². The number of sulfonamides is 1. The Labute approximate surface area is 174 Å². The van der Waals surface area contributed by atoms with Gasteiger partial charge in [0.25, 0.3) is 5.91 Å². The van der Waals surface area contributed by atoms with E-state index in [1.165, 1.54) is 16.4 Å². The van der Waals surface area contributed by atoms with Crippen LogP contribution in [0.25, 0.3) is 0 Å². The number of thiophene rings is 1. The molecule has 1 saturated heterocycles. The third-order valence-electron chi connectivity index (χ3n) is 4.91. The van der Waals surface area contributed by atoms with E-state index in [1.807, 2.05) is 17.5 Å². The van der Waals surface area contributed by atoms with Crippen LogP contribution in [-0.2, 0) is 16.6 Å². The Hall–Kier alpha value is -2.49. The quantitative estimate of drug-likeness (QED) is 0.649. The first-order chi connectivity index (χ1) is 14.0. The van der Waals surface area contributed by atoms with Crippen molar-refractivity contribution in [1.82, 2.24) is 14.1 Å². The van der Waals surface area contributed by atoms with Crippen molar-refractivity contribution in [3.8, 4) is 0 Å². The van der Waals surface area contributed by atoms with Gasteiger partial charge in [-0.25, -0.2) is 13.1 Å². The summed E-state index contributed by atoms with van der Waals surface area (Å²) in [6.45, 7) is 1.69. The smallest absolute Gasteiger partial charge is 0.256 e. The highest BCUT2D eigenvalue weighted by Crippen LogP contribution is 2.21. The van der Waals surface area contributed by atoms with E-state index >= 15 is 0 Å². The van der Waals surface area contributed by atoms with Gasteiger partial charge in [0.2, 0.25) is 10.0 Å². The molecule has 0 bridgehead atoms. The lowest BCUT2D eigenvalue weighted by molar-refractivity contribution is 0.102. The molecular weight excluding hydrogens is 408 g/mol. The molecule has 7 nitrogen and oxygen atoms in total. The normalized spacial score (nSPS) is 15.3. The van der Waals surface area contributed by atoms with Crippen LogP contribution in [-0.4, -0.2) is 41.5 Å².